The number of nitrogens with one attached hydrogen (secondary N) is 1. The number of nitrogens with zero attached hydrogens (tertiary/aromatic N) is 2. The van der Waals surface area contributed by atoms with E-state index in [-0.39, 0.29) is 24.5 Å². The van der Waals surface area contributed by atoms with E-state index in [2.05, 4.69) is 5.32 Å². The van der Waals surface area contributed by atoms with Crippen LogP contribution in [0.4, 0.5) is 11.4 Å². The van der Waals surface area contributed by atoms with Gasteiger partial charge in [-0.25, -0.2) is 8.42 Å². The summed E-state index contributed by atoms with van der Waals surface area (Å²) in [7, 11) is -3.36. The Balaban J connectivity index is 1.54. The van der Waals surface area contributed by atoms with Gasteiger partial charge in [-0.15, -0.1) is 0 Å². The van der Waals surface area contributed by atoms with Gasteiger partial charge in [-0.2, -0.15) is 0 Å². The van der Waals surface area contributed by atoms with Gasteiger partial charge in [-0.3, -0.25) is 13.9 Å². The SMILES string of the molecule is Cc1cccc(NC(=O)CN(CC2CCCO2)C(=O)c2ccc3c(c2)CCN3S(C)(=O)=O)c1C. The smallest absolute Gasteiger partial charge is 0.254 e. The Morgan fingerprint density at radius 1 is 1.21 bits per heavy atom. The molecule has 0 spiro atoms. The van der Waals surface area contributed by atoms with Crippen LogP contribution in [0, 0.1) is 13.8 Å². The number of rotatable bonds is 7. The molecule has 4 rings (SSSR count). The van der Waals surface area contributed by atoms with Crippen molar-refractivity contribution in [3.63, 3.8) is 0 Å². The van der Waals surface area contributed by atoms with Crippen LogP contribution in [0.2, 0.25) is 0 Å². The predicted octanol–water partition coefficient (Wildman–Crippen LogP) is 2.89. The standard InChI is InChI=1S/C25H31N3O5S/c1-17-6-4-8-22(18(17)2)26-24(29)16-27(15-21-7-5-13-33-21)25(30)20-9-10-23-19(14-20)11-12-28(23)34(3,31)32/h4,6,8-10,14,21H,5,7,11-13,15-16H2,1-3H3,(H,26,29). The first-order chi connectivity index (χ1) is 16.1. The van der Waals surface area contributed by atoms with E-state index in [1.807, 2.05) is 32.0 Å². The molecule has 1 saturated heterocycles. The van der Waals surface area contributed by atoms with E-state index in [1.54, 1.807) is 18.2 Å². The minimum absolute atomic E-state index is 0.0986. The van der Waals surface area contributed by atoms with Gasteiger partial charge in [0.2, 0.25) is 15.9 Å². The van der Waals surface area contributed by atoms with Gasteiger partial charge < -0.3 is 15.0 Å². The van der Waals surface area contributed by atoms with Crippen molar-refractivity contribution >= 4 is 33.2 Å². The van der Waals surface area contributed by atoms with Crippen LogP contribution in [0.15, 0.2) is 36.4 Å². The monoisotopic (exact) mass is 485 g/mol. The van der Waals surface area contributed by atoms with Crippen molar-refractivity contribution < 1.29 is 22.7 Å². The lowest BCUT2D eigenvalue weighted by Gasteiger charge is -2.25. The lowest BCUT2D eigenvalue weighted by atomic mass is 10.1. The molecule has 8 nitrogen and oxygen atoms in total. The molecule has 9 heteroatoms. The summed E-state index contributed by atoms with van der Waals surface area (Å²) in [5.41, 5.74) is 4.65. The number of hydrogen-bond donors (Lipinski definition) is 1. The van der Waals surface area contributed by atoms with Gasteiger partial charge in [-0.1, -0.05) is 12.1 Å². The maximum Gasteiger partial charge on any atom is 0.254 e. The van der Waals surface area contributed by atoms with Crippen molar-refractivity contribution in [1.82, 2.24) is 4.90 Å². The molecular weight excluding hydrogens is 454 g/mol. The second-order valence-electron chi connectivity index (χ2n) is 9.04. The van der Waals surface area contributed by atoms with Crippen molar-refractivity contribution in [2.75, 3.05) is 42.1 Å². The number of anilines is 2. The number of amides is 2. The van der Waals surface area contributed by atoms with Crippen molar-refractivity contribution in [3.05, 3.63) is 58.7 Å². The van der Waals surface area contributed by atoms with Crippen LogP contribution in [0.1, 0.15) is 39.9 Å². The molecule has 2 aliphatic heterocycles. The molecule has 1 N–H and O–H groups in total. The Morgan fingerprint density at radius 2 is 2.00 bits per heavy atom. The van der Waals surface area contributed by atoms with Gasteiger partial charge in [-0.05, 0) is 74.1 Å². The zero-order valence-corrected chi connectivity index (χ0v) is 20.7. The van der Waals surface area contributed by atoms with Crippen LogP contribution in [-0.2, 0) is 26.0 Å². The summed E-state index contributed by atoms with van der Waals surface area (Å²) in [5.74, 6) is -0.545. The van der Waals surface area contributed by atoms with Gasteiger partial charge in [0.25, 0.3) is 5.91 Å². The molecule has 0 bridgehead atoms. The average Bonchev–Trinajstić information content (AvgIpc) is 3.45. The van der Waals surface area contributed by atoms with Gasteiger partial charge in [0, 0.05) is 30.9 Å². The summed E-state index contributed by atoms with van der Waals surface area (Å²) in [6.45, 7) is 5.18. The highest BCUT2D eigenvalue weighted by Gasteiger charge is 2.29. The van der Waals surface area contributed by atoms with E-state index in [4.69, 9.17) is 4.74 Å². The van der Waals surface area contributed by atoms with Crippen molar-refractivity contribution in [2.45, 2.75) is 39.2 Å². The first-order valence-corrected chi connectivity index (χ1v) is 13.4. The summed E-state index contributed by atoms with van der Waals surface area (Å²) < 4.78 is 31.1. The third-order valence-electron chi connectivity index (χ3n) is 6.53. The number of aryl methyl sites for hydroxylation is 1. The fourth-order valence-electron chi connectivity index (χ4n) is 4.53. The van der Waals surface area contributed by atoms with Crippen molar-refractivity contribution in [3.8, 4) is 0 Å². The Bertz CT molecular complexity index is 1210. The first kappa shape index (κ1) is 24.2. The molecule has 1 fully saturated rings. The summed E-state index contributed by atoms with van der Waals surface area (Å²) >= 11 is 0. The lowest BCUT2D eigenvalue weighted by molar-refractivity contribution is -0.117. The summed E-state index contributed by atoms with van der Waals surface area (Å²) in [5, 5.41) is 2.93. The topological polar surface area (TPSA) is 96.0 Å². The molecule has 2 heterocycles. The van der Waals surface area contributed by atoms with Gasteiger partial charge in [0.05, 0.1) is 18.0 Å². The van der Waals surface area contributed by atoms with E-state index < -0.39 is 10.0 Å². The van der Waals surface area contributed by atoms with Gasteiger partial charge in [0.15, 0.2) is 0 Å². The summed E-state index contributed by atoms with van der Waals surface area (Å²) in [6.07, 6.45) is 3.39. The lowest BCUT2D eigenvalue weighted by Crippen LogP contribution is -2.42. The predicted molar refractivity (Wildman–Crippen MR) is 132 cm³/mol. The molecule has 2 aromatic carbocycles. The van der Waals surface area contributed by atoms with E-state index >= 15 is 0 Å². The number of hydrogen-bond acceptors (Lipinski definition) is 5. The number of ether oxygens (including phenoxy) is 1. The second kappa shape index (κ2) is 9.76. The second-order valence-corrected chi connectivity index (χ2v) is 11.0. The molecule has 1 unspecified atom stereocenters. The number of carbonyl (C=O) groups is 2. The van der Waals surface area contributed by atoms with Crippen LogP contribution in [0.5, 0.6) is 0 Å². The quantitative estimate of drug-likeness (QED) is 0.651. The van der Waals surface area contributed by atoms with Crippen molar-refractivity contribution in [1.29, 1.82) is 0 Å². The maximum absolute atomic E-state index is 13.5. The minimum Gasteiger partial charge on any atom is -0.376 e. The van der Waals surface area contributed by atoms with Gasteiger partial charge >= 0.3 is 0 Å². The molecule has 0 saturated carbocycles. The van der Waals surface area contributed by atoms with Crippen LogP contribution >= 0.6 is 0 Å². The highest BCUT2D eigenvalue weighted by Crippen LogP contribution is 2.31. The van der Waals surface area contributed by atoms with Crippen LogP contribution in [0.25, 0.3) is 0 Å². The first-order valence-electron chi connectivity index (χ1n) is 11.5. The van der Waals surface area contributed by atoms with E-state index in [9.17, 15) is 18.0 Å². The van der Waals surface area contributed by atoms with Crippen molar-refractivity contribution in [2.24, 2.45) is 0 Å². The zero-order valence-electron chi connectivity index (χ0n) is 19.8. The van der Waals surface area contributed by atoms with Crippen LogP contribution in [0.3, 0.4) is 0 Å². The normalized spacial score (nSPS) is 17.5. The Morgan fingerprint density at radius 3 is 2.71 bits per heavy atom. The molecule has 0 aliphatic carbocycles. The summed E-state index contributed by atoms with van der Waals surface area (Å²) in [4.78, 5) is 27.9. The molecular formula is C25H31N3O5S. The summed E-state index contributed by atoms with van der Waals surface area (Å²) in [6, 6.07) is 10.8. The molecule has 34 heavy (non-hydrogen) atoms. The van der Waals surface area contributed by atoms with E-state index in [1.165, 1.54) is 15.5 Å². The molecule has 2 aromatic rings. The Labute approximate surface area is 200 Å². The molecule has 182 valence electrons. The largest absolute Gasteiger partial charge is 0.376 e. The Hall–Kier alpha value is -2.91. The zero-order chi connectivity index (χ0) is 24.5. The molecule has 1 atom stereocenters. The van der Waals surface area contributed by atoms with Crippen LogP contribution < -0.4 is 9.62 Å². The fourth-order valence-corrected chi connectivity index (χ4v) is 5.49. The average molecular weight is 486 g/mol. The fraction of sp³-hybridized carbons (Fsp3) is 0.440. The number of sulfonamides is 1. The highest BCUT2D eigenvalue weighted by atomic mass is 32.2. The van der Waals surface area contributed by atoms with Gasteiger partial charge in [0.1, 0.15) is 6.54 Å². The minimum atomic E-state index is -3.36. The maximum atomic E-state index is 13.5. The highest BCUT2D eigenvalue weighted by molar-refractivity contribution is 7.92. The molecule has 0 radical (unpaired) electrons. The Kier molecular flexibility index (Phi) is 6.95. The van der Waals surface area contributed by atoms with E-state index in [0.717, 1.165) is 35.2 Å². The number of benzene rings is 2. The number of fused-ring (bicyclic) bond motifs is 1. The van der Waals surface area contributed by atoms with Crippen LogP contribution in [-0.4, -0.2) is 63.7 Å². The third-order valence-corrected chi connectivity index (χ3v) is 7.71. The molecule has 2 amide bonds. The van der Waals surface area contributed by atoms with E-state index in [0.29, 0.717) is 37.4 Å². The third kappa shape index (κ3) is 5.26. The molecule has 2 aliphatic rings. The number of carbonyl (C=O) groups excluding carboxylic acids is 2. The molecule has 0 aromatic heterocycles.